The van der Waals surface area contributed by atoms with Gasteiger partial charge in [0.1, 0.15) is 17.2 Å². The van der Waals surface area contributed by atoms with Gasteiger partial charge in [0.05, 0.1) is 14.2 Å². The molecule has 2 amide bonds. The summed E-state index contributed by atoms with van der Waals surface area (Å²) in [4.78, 5) is 12.1. The third kappa shape index (κ3) is 4.53. The van der Waals surface area contributed by atoms with Gasteiger partial charge in [-0.1, -0.05) is 35.9 Å². The number of hydrogen-bond donors (Lipinski definition) is 2. The predicted octanol–water partition coefficient (Wildman–Crippen LogP) is 3.72. The molecule has 0 aliphatic carbocycles. The van der Waals surface area contributed by atoms with E-state index < -0.39 is 0 Å². The van der Waals surface area contributed by atoms with Crippen molar-refractivity contribution in [1.29, 1.82) is 0 Å². The zero-order valence-corrected chi connectivity index (χ0v) is 13.8. The summed E-state index contributed by atoms with van der Waals surface area (Å²) in [6, 6.07) is 12.5. The van der Waals surface area contributed by atoms with E-state index in [0.717, 1.165) is 5.56 Å². The number of carbonyl (C=O) groups is 1. The number of methoxy groups -OCH3 is 2. The molecule has 0 atom stereocenters. The molecule has 23 heavy (non-hydrogen) atoms. The zero-order chi connectivity index (χ0) is 16.7. The minimum absolute atomic E-state index is 0.333. The summed E-state index contributed by atoms with van der Waals surface area (Å²) in [7, 11) is 3.07. The van der Waals surface area contributed by atoms with Gasteiger partial charge in [-0.15, -0.1) is 0 Å². The SMILES string of the molecule is COc1cccc(OC)c1NC(=O)NCCc1ccccc1Cl. The molecular weight excluding hydrogens is 316 g/mol. The second-order valence-corrected chi connectivity index (χ2v) is 5.17. The van der Waals surface area contributed by atoms with E-state index in [0.29, 0.717) is 35.2 Å². The molecule has 2 aromatic rings. The fourth-order valence-electron chi connectivity index (χ4n) is 2.14. The highest BCUT2D eigenvalue weighted by Crippen LogP contribution is 2.33. The molecule has 0 aromatic heterocycles. The minimum Gasteiger partial charge on any atom is -0.494 e. The molecule has 0 heterocycles. The third-order valence-corrected chi connectivity index (χ3v) is 3.67. The van der Waals surface area contributed by atoms with Gasteiger partial charge in [-0.2, -0.15) is 0 Å². The molecule has 0 fully saturated rings. The molecule has 2 aromatic carbocycles. The first-order valence-electron chi connectivity index (χ1n) is 7.15. The summed E-state index contributed by atoms with van der Waals surface area (Å²) in [5, 5.41) is 6.23. The van der Waals surface area contributed by atoms with E-state index in [1.54, 1.807) is 18.2 Å². The number of urea groups is 1. The second kappa shape index (κ2) is 8.29. The van der Waals surface area contributed by atoms with E-state index in [4.69, 9.17) is 21.1 Å². The van der Waals surface area contributed by atoms with Crippen LogP contribution in [0, 0.1) is 0 Å². The van der Waals surface area contributed by atoms with Crippen molar-refractivity contribution in [1.82, 2.24) is 5.32 Å². The number of rotatable bonds is 6. The van der Waals surface area contributed by atoms with Crippen LogP contribution in [-0.4, -0.2) is 26.8 Å². The molecule has 2 rings (SSSR count). The highest BCUT2D eigenvalue weighted by molar-refractivity contribution is 6.31. The van der Waals surface area contributed by atoms with Gasteiger partial charge >= 0.3 is 6.03 Å². The Bertz CT molecular complexity index is 654. The van der Waals surface area contributed by atoms with Gasteiger partial charge in [-0.25, -0.2) is 4.79 Å². The highest BCUT2D eigenvalue weighted by Gasteiger charge is 2.12. The van der Waals surface area contributed by atoms with Crippen molar-refractivity contribution < 1.29 is 14.3 Å². The average Bonchev–Trinajstić information content (AvgIpc) is 2.56. The Balaban J connectivity index is 1.94. The Morgan fingerprint density at radius 3 is 2.30 bits per heavy atom. The first-order valence-corrected chi connectivity index (χ1v) is 7.52. The van der Waals surface area contributed by atoms with Gasteiger partial charge in [-0.05, 0) is 30.2 Å². The van der Waals surface area contributed by atoms with Crippen LogP contribution in [0.4, 0.5) is 10.5 Å². The Morgan fingerprint density at radius 2 is 1.70 bits per heavy atom. The Hall–Kier alpha value is -2.40. The largest absolute Gasteiger partial charge is 0.494 e. The Morgan fingerprint density at radius 1 is 1.04 bits per heavy atom. The summed E-state index contributed by atoms with van der Waals surface area (Å²) in [6.07, 6.45) is 0.649. The van der Waals surface area contributed by atoms with Crippen molar-refractivity contribution in [2.24, 2.45) is 0 Å². The number of hydrogen-bond acceptors (Lipinski definition) is 3. The molecule has 0 unspecified atom stereocenters. The van der Waals surface area contributed by atoms with Crippen LogP contribution in [0.3, 0.4) is 0 Å². The Labute approximate surface area is 140 Å². The molecule has 5 nitrogen and oxygen atoms in total. The molecular formula is C17H19ClN2O3. The number of carbonyl (C=O) groups excluding carboxylic acids is 1. The molecule has 0 saturated carbocycles. The lowest BCUT2D eigenvalue weighted by molar-refractivity contribution is 0.252. The average molecular weight is 335 g/mol. The van der Waals surface area contributed by atoms with Gasteiger partial charge in [0.2, 0.25) is 0 Å². The smallest absolute Gasteiger partial charge is 0.319 e. The van der Waals surface area contributed by atoms with Gasteiger partial charge < -0.3 is 20.1 Å². The third-order valence-electron chi connectivity index (χ3n) is 3.30. The number of para-hydroxylation sites is 1. The number of ether oxygens (including phenoxy) is 2. The highest BCUT2D eigenvalue weighted by atomic mass is 35.5. The van der Waals surface area contributed by atoms with E-state index in [9.17, 15) is 4.79 Å². The van der Waals surface area contributed by atoms with Crippen molar-refractivity contribution in [3.8, 4) is 11.5 Å². The van der Waals surface area contributed by atoms with E-state index in [1.807, 2.05) is 24.3 Å². The molecule has 6 heteroatoms. The maximum Gasteiger partial charge on any atom is 0.319 e. The van der Waals surface area contributed by atoms with Crippen molar-refractivity contribution in [3.63, 3.8) is 0 Å². The van der Waals surface area contributed by atoms with Crippen LogP contribution >= 0.6 is 11.6 Å². The quantitative estimate of drug-likeness (QED) is 0.846. The molecule has 0 saturated heterocycles. The van der Waals surface area contributed by atoms with Crippen molar-refractivity contribution >= 4 is 23.3 Å². The number of nitrogens with one attached hydrogen (secondary N) is 2. The minimum atomic E-state index is -0.333. The molecule has 122 valence electrons. The molecule has 0 aliphatic heterocycles. The number of anilines is 1. The van der Waals surface area contributed by atoms with Crippen LogP contribution in [0.15, 0.2) is 42.5 Å². The van der Waals surface area contributed by atoms with Crippen LogP contribution in [0.2, 0.25) is 5.02 Å². The fourth-order valence-corrected chi connectivity index (χ4v) is 2.37. The summed E-state index contributed by atoms with van der Waals surface area (Å²) < 4.78 is 10.5. The summed E-state index contributed by atoms with van der Waals surface area (Å²) >= 11 is 6.09. The Kier molecular flexibility index (Phi) is 6.11. The second-order valence-electron chi connectivity index (χ2n) is 4.76. The summed E-state index contributed by atoms with van der Waals surface area (Å²) in [5.41, 5.74) is 1.48. The van der Waals surface area contributed by atoms with Crippen LogP contribution < -0.4 is 20.1 Å². The van der Waals surface area contributed by atoms with Crippen LogP contribution in [-0.2, 0) is 6.42 Å². The lowest BCUT2D eigenvalue weighted by Gasteiger charge is -2.14. The molecule has 0 radical (unpaired) electrons. The van der Waals surface area contributed by atoms with E-state index >= 15 is 0 Å². The first-order chi connectivity index (χ1) is 11.2. The predicted molar refractivity (Wildman–Crippen MR) is 91.7 cm³/mol. The standard InChI is InChI=1S/C17H19ClN2O3/c1-22-14-8-5-9-15(23-2)16(14)20-17(21)19-11-10-12-6-3-4-7-13(12)18/h3-9H,10-11H2,1-2H3,(H2,19,20,21). The topological polar surface area (TPSA) is 59.6 Å². The van der Waals surface area contributed by atoms with E-state index in [2.05, 4.69) is 10.6 Å². The molecule has 0 bridgehead atoms. The van der Waals surface area contributed by atoms with Crippen molar-refractivity contribution in [2.45, 2.75) is 6.42 Å². The number of benzene rings is 2. The van der Waals surface area contributed by atoms with Gasteiger partial charge in [0.25, 0.3) is 0 Å². The first kappa shape index (κ1) is 17.0. The lowest BCUT2D eigenvalue weighted by atomic mass is 10.1. The van der Waals surface area contributed by atoms with Crippen LogP contribution in [0.25, 0.3) is 0 Å². The zero-order valence-electron chi connectivity index (χ0n) is 13.1. The maximum absolute atomic E-state index is 12.1. The maximum atomic E-state index is 12.1. The monoisotopic (exact) mass is 334 g/mol. The van der Waals surface area contributed by atoms with Gasteiger partial charge in [-0.3, -0.25) is 0 Å². The molecule has 2 N–H and O–H groups in total. The van der Waals surface area contributed by atoms with Crippen LogP contribution in [0.5, 0.6) is 11.5 Å². The van der Waals surface area contributed by atoms with Crippen LogP contribution in [0.1, 0.15) is 5.56 Å². The van der Waals surface area contributed by atoms with Gasteiger partial charge in [0.15, 0.2) is 0 Å². The fraction of sp³-hybridized carbons (Fsp3) is 0.235. The number of halogens is 1. The number of amides is 2. The summed E-state index contributed by atoms with van der Waals surface area (Å²) in [6.45, 7) is 0.465. The van der Waals surface area contributed by atoms with Gasteiger partial charge in [0, 0.05) is 11.6 Å². The molecule has 0 aliphatic rings. The normalized spacial score (nSPS) is 10.0. The summed E-state index contributed by atoms with van der Waals surface area (Å²) in [5.74, 6) is 1.07. The van der Waals surface area contributed by atoms with E-state index in [-0.39, 0.29) is 6.03 Å². The molecule has 0 spiro atoms. The van der Waals surface area contributed by atoms with Crippen molar-refractivity contribution in [2.75, 3.05) is 26.1 Å². The lowest BCUT2D eigenvalue weighted by Crippen LogP contribution is -2.30. The van der Waals surface area contributed by atoms with E-state index in [1.165, 1.54) is 14.2 Å². The van der Waals surface area contributed by atoms with Crippen molar-refractivity contribution in [3.05, 3.63) is 53.1 Å².